The van der Waals surface area contributed by atoms with Crippen molar-refractivity contribution in [2.75, 3.05) is 32.7 Å². The average Bonchev–Trinajstić information content (AvgIpc) is 2.98. The Morgan fingerprint density at radius 1 is 1.16 bits per heavy atom. The molecule has 2 saturated heterocycles. The summed E-state index contributed by atoms with van der Waals surface area (Å²) >= 11 is 0. The Kier molecular flexibility index (Phi) is 5.13. The number of nitrogens with zero attached hydrogens (tertiary/aromatic N) is 2. The minimum atomic E-state index is -0.204. The van der Waals surface area contributed by atoms with Crippen LogP contribution in [0.3, 0.4) is 0 Å². The Labute approximate surface area is 150 Å². The molecule has 2 heterocycles. The van der Waals surface area contributed by atoms with Gasteiger partial charge in [0, 0.05) is 24.1 Å². The van der Waals surface area contributed by atoms with Crippen molar-refractivity contribution in [2.24, 2.45) is 5.92 Å². The minimum absolute atomic E-state index is 0.110. The molecule has 1 N–H and O–H groups in total. The lowest BCUT2D eigenvalue weighted by Crippen LogP contribution is -3.13. The van der Waals surface area contributed by atoms with Crippen LogP contribution >= 0.6 is 0 Å². The van der Waals surface area contributed by atoms with Crippen molar-refractivity contribution in [1.82, 2.24) is 9.80 Å². The van der Waals surface area contributed by atoms with Gasteiger partial charge in [-0.1, -0.05) is 30.3 Å². The van der Waals surface area contributed by atoms with E-state index in [0.29, 0.717) is 13.0 Å². The first-order valence-electron chi connectivity index (χ1n) is 9.31. The lowest BCUT2D eigenvalue weighted by atomic mass is 10.1. The van der Waals surface area contributed by atoms with Crippen molar-refractivity contribution in [3.63, 3.8) is 0 Å². The third-order valence-electron chi connectivity index (χ3n) is 5.36. The normalized spacial score (nSPS) is 22.5. The molecular formula is C20H30N3O2+. The number of piperazine rings is 1. The van der Waals surface area contributed by atoms with Gasteiger partial charge in [-0.2, -0.15) is 0 Å². The quantitative estimate of drug-likeness (QED) is 0.871. The van der Waals surface area contributed by atoms with Gasteiger partial charge in [-0.3, -0.25) is 9.59 Å². The molecule has 2 amide bonds. The molecule has 25 heavy (non-hydrogen) atoms. The summed E-state index contributed by atoms with van der Waals surface area (Å²) in [6.45, 7) is 11.2. The number of likely N-dealkylation sites (tertiary alicyclic amines) is 1. The van der Waals surface area contributed by atoms with Crippen molar-refractivity contribution in [2.45, 2.75) is 39.3 Å². The molecule has 2 aliphatic rings. The number of benzene rings is 1. The largest absolute Gasteiger partial charge is 0.337 e. The molecule has 0 aromatic heterocycles. The predicted molar refractivity (Wildman–Crippen MR) is 97.0 cm³/mol. The number of hydrogen-bond acceptors (Lipinski definition) is 2. The number of hydrogen-bond donors (Lipinski definition) is 1. The van der Waals surface area contributed by atoms with Crippen molar-refractivity contribution in [3.8, 4) is 0 Å². The van der Waals surface area contributed by atoms with Gasteiger partial charge in [0.25, 0.3) is 0 Å². The summed E-state index contributed by atoms with van der Waals surface area (Å²) in [6, 6.07) is 10.5. The van der Waals surface area contributed by atoms with Crippen LogP contribution < -0.4 is 4.90 Å². The molecule has 3 rings (SSSR count). The monoisotopic (exact) mass is 344 g/mol. The minimum Gasteiger partial charge on any atom is -0.337 e. The molecule has 1 aromatic carbocycles. The van der Waals surface area contributed by atoms with E-state index in [1.165, 1.54) is 10.5 Å². The van der Waals surface area contributed by atoms with E-state index in [-0.39, 0.29) is 23.3 Å². The van der Waals surface area contributed by atoms with Crippen LogP contribution in [0.25, 0.3) is 0 Å². The molecule has 0 aliphatic carbocycles. The van der Waals surface area contributed by atoms with Gasteiger partial charge in [-0.05, 0) is 20.8 Å². The van der Waals surface area contributed by atoms with Crippen LogP contribution in [-0.2, 0) is 16.1 Å². The number of rotatable bonds is 3. The van der Waals surface area contributed by atoms with E-state index in [1.807, 2.05) is 36.6 Å². The van der Waals surface area contributed by atoms with Gasteiger partial charge < -0.3 is 14.7 Å². The Hall–Kier alpha value is -1.88. The van der Waals surface area contributed by atoms with Gasteiger partial charge in [-0.15, -0.1) is 0 Å². The van der Waals surface area contributed by atoms with Crippen LogP contribution in [-0.4, -0.2) is 59.9 Å². The number of amides is 2. The van der Waals surface area contributed by atoms with E-state index >= 15 is 0 Å². The second-order valence-corrected chi connectivity index (χ2v) is 8.31. The third-order valence-corrected chi connectivity index (χ3v) is 5.36. The highest BCUT2D eigenvalue weighted by molar-refractivity contribution is 5.89. The maximum Gasteiger partial charge on any atom is 0.228 e. The summed E-state index contributed by atoms with van der Waals surface area (Å²) in [5, 5.41) is 0. The highest BCUT2D eigenvalue weighted by Crippen LogP contribution is 2.27. The van der Waals surface area contributed by atoms with E-state index in [2.05, 4.69) is 24.3 Å². The van der Waals surface area contributed by atoms with Gasteiger partial charge in [0.15, 0.2) is 0 Å². The summed E-state index contributed by atoms with van der Waals surface area (Å²) in [7, 11) is 0. The van der Waals surface area contributed by atoms with Crippen molar-refractivity contribution in [1.29, 1.82) is 0 Å². The Morgan fingerprint density at radius 3 is 2.36 bits per heavy atom. The Balaban J connectivity index is 1.51. The molecule has 0 bridgehead atoms. The van der Waals surface area contributed by atoms with E-state index in [9.17, 15) is 9.59 Å². The predicted octanol–water partition coefficient (Wildman–Crippen LogP) is 0.561. The molecule has 0 radical (unpaired) electrons. The first-order chi connectivity index (χ1) is 11.8. The molecule has 136 valence electrons. The van der Waals surface area contributed by atoms with Gasteiger partial charge in [-0.25, -0.2) is 0 Å². The third kappa shape index (κ3) is 4.21. The second-order valence-electron chi connectivity index (χ2n) is 8.31. The Morgan fingerprint density at radius 2 is 1.80 bits per heavy atom. The van der Waals surface area contributed by atoms with Crippen LogP contribution in [0.1, 0.15) is 32.8 Å². The fraction of sp³-hybridized carbons (Fsp3) is 0.600. The summed E-state index contributed by atoms with van der Waals surface area (Å²) < 4.78 is 0. The van der Waals surface area contributed by atoms with Crippen LogP contribution in [0, 0.1) is 5.92 Å². The molecule has 5 nitrogen and oxygen atoms in total. The van der Waals surface area contributed by atoms with Crippen molar-refractivity contribution < 1.29 is 14.5 Å². The fourth-order valence-electron chi connectivity index (χ4n) is 3.88. The smallest absolute Gasteiger partial charge is 0.228 e. The summed E-state index contributed by atoms with van der Waals surface area (Å²) in [5.41, 5.74) is 1.14. The highest BCUT2D eigenvalue weighted by Gasteiger charge is 2.41. The number of carbonyl (C=O) groups excluding carboxylic acids is 2. The first-order valence-corrected chi connectivity index (χ1v) is 9.31. The molecule has 0 saturated carbocycles. The average molecular weight is 344 g/mol. The maximum atomic E-state index is 12.8. The molecule has 5 heteroatoms. The van der Waals surface area contributed by atoms with Crippen LogP contribution in [0.4, 0.5) is 0 Å². The zero-order valence-electron chi connectivity index (χ0n) is 15.6. The highest BCUT2D eigenvalue weighted by atomic mass is 16.2. The van der Waals surface area contributed by atoms with E-state index in [0.717, 1.165) is 32.7 Å². The van der Waals surface area contributed by atoms with Crippen molar-refractivity contribution in [3.05, 3.63) is 35.9 Å². The number of carbonyl (C=O) groups is 2. The summed E-state index contributed by atoms with van der Waals surface area (Å²) in [5.74, 6) is 0.112. The first kappa shape index (κ1) is 17.9. The molecule has 2 aliphatic heterocycles. The molecule has 2 fully saturated rings. The zero-order valence-corrected chi connectivity index (χ0v) is 15.6. The van der Waals surface area contributed by atoms with Crippen LogP contribution in [0.5, 0.6) is 0 Å². The number of quaternary nitrogens is 1. The van der Waals surface area contributed by atoms with E-state index in [1.54, 1.807) is 0 Å². The summed E-state index contributed by atoms with van der Waals surface area (Å²) in [4.78, 5) is 30.4. The Bertz CT molecular complexity index is 616. The van der Waals surface area contributed by atoms with E-state index in [4.69, 9.17) is 0 Å². The molecule has 0 unspecified atom stereocenters. The van der Waals surface area contributed by atoms with Gasteiger partial charge in [0.05, 0.1) is 32.1 Å². The lowest BCUT2D eigenvalue weighted by Gasteiger charge is -2.34. The van der Waals surface area contributed by atoms with Crippen LogP contribution in [0.2, 0.25) is 0 Å². The molecule has 0 spiro atoms. The standard InChI is InChI=1S/C20H29N3O2/c1-20(2,3)23-15-17(13-18(23)24)19(25)22-11-9-21(10-12-22)14-16-7-5-4-6-8-16/h4-8,17H,9-15H2,1-3H3/p+1/t17-/m1/s1. The zero-order chi connectivity index (χ0) is 18.0. The van der Waals surface area contributed by atoms with Gasteiger partial charge in [0.2, 0.25) is 11.8 Å². The molecule has 1 atom stereocenters. The second kappa shape index (κ2) is 7.16. The van der Waals surface area contributed by atoms with Crippen LogP contribution in [0.15, 0.2) is 30.3 Å². The van der Waals surface area contributed by atoms with E-state index < -0.39 is 0 Å². The lowest BCUT2D eigenvalue weighted by molar-refractivity contribution is -0.917. The van der Waals surface area contributed by atoms with Gasteiger partial charge in [0.1, 0.15) is 6.54 Å². The number of nitrogens with one attached hydrogen (secondary N) is 1. The van der Waals surface area contributed by atoms with Gasteiger partial charge >= 0.3 is 0 Å². The summed E-state index contributed by atoms with van der Waals surface area (Å²) in [6.07, 6.45) is 0.368. The molecular weight excluding hydrogens is 314 g/mol. The fourth-order valence-corrected chi connectivity index (χ4v) is 3.88. The molecule has 1 aromatic rings. The maximum absolute atomic E-state index is 12.8. The topological polar surface area (TPSA) is 45.1 Å². The SMILES string of the molecule is CC(C)(C)N1C[C@H](C(=O)N2CC[NH+](Cc3ccccc3)CC2)CC1=O. The van der Waals surface area contributed by atoms with Crippen molar-refractivity contribution >= 4 is 11.8 Å².